The van der Waals surface area contributed by atoms with Crippen LogP contribution in [0.25, 0.3) is 0 Å². The number of ether oxygens (including phenoxy) is 1. The molecule has 8 nitrogen and oxygen atoms in total. The van der Waals surface area contributed by atoms with E-state index in [4.69, 9.17) is 5.73 Å². The Balaban J connectivity index is 1.04. The standard InChI is InChI=1S/C31H40F4N6O2/c32-24-16-39-29(38-15-21-3-1-2-4-25(21)43-31(33,34)35)41-28(24)40-17-30-11-19-9-22(12-30)26(23(10-19)13-30)37-14-18-5-7-20(8-6-18)27(36)42/h1-4,16,18-20,22-23,26,37H,5-15,17H2,(H2,36,42)(H2,38,39,40,41)/t18-,19?,20-,22-,23+,26-,30-. The SMILES string of the molecule is NC(=O)[C@H]1CC[C@H](CN[C@@H]2[C@@H]3CC4C[C@H]2C[C@@](CNc2nc(NCc5ccccc5OC(F)(F)F)ncc2F)(C4)C3)CC1. The predicted octanol–water partition coefficient (Wildman–Crippen LogP) is 5.61. The monoisotopic (exact) mass is 604 g/mol. The summed E-state index contributed by atoms with van der Waals surface area (Å²) in [5.41, 5.74) is 5.87. The maximum Gasteiger partial charge on any atom is 0.573 e. The van der Waals surface area contributed by atoms with E-state index in [-0.39, 0.29) is 46.9 Å². The van der Waals surface area contributed by atoms with Gasteiger partial charge in [-0.05, 0) is 99.5 Å². The summed E-state index contributed by atoms with van der Waals surface area (Å²) in [6.45, 7) is 1.59. The normalized spacial score (nSPS) is 31.5. The van der Waals surface area contributed by atoms with Crippen LogP contribution in [0.15, 0.2) is 30.5 Å². The number of alkyl halides is 3. The van der Waals surface area contributed by atoms with Crippen molar-refractivity contribution in [3.05, 3.63) is 41.8 Å². The molecule has 43 heavy (non-hydrogen) atoms. The lowest BCUT2D eigenvalue weighted by Gasteiger charge is -2.60. The molecule has 0 saturated heterocycles. The van der Waals surface area contributed by atoms with E-state index in [0.29, 0.717) is 36.3 Å². The molecule has 7 rings (SSSR count). The molecule has 2 aromatic rings. The van der Waals surface area contributed by atoms with Crippen molar-refractivity contribution < 1.29 is 27.1 Å². The number of carbonyl (C=O) groups excluding carboxylic acids is 1. The Hall–Kier alpha value is -3.15. The Bertz CT molecular complexity index is 1290. The van der Waals surface area contributed by atoms with Crippen molar-refractivity contribution in [2.24, 2.45) is 40.7 Å². The number of amides is 1. The molecule has 1 amide bonds. The zero-order valence-corrected chi connectivity index (χ0v) is 24.1. The van der Waals surface area contributed by atoms with Crippen molar-refractivity contribution in [2.45, 2.75) is 76.7 Å². The highest BCUT2D eigenvalue weighted by Crippen LogP contribution is 2.60. The summed E-state index contributed by atoms with van der Waals surface area (Å²) in [5, 5.41) is 10.1. The Kier molecular flexibility index (Phi) is 8.41. The first-order chi connectivity index (χ1) is 20.6. The minimum atomic E-state index is -4.81. The minimum Gasteiger partial charge on any atom is -0.405 e. The van der Waals surface area contributed by atoms with Gasteiger partial charge in [0.15, 0.2) is 11.6 Å². The summed E-state index contributed by atoms with van der Waals surface area (Å²) in [4.78, 5) is 19.8. The molecule has 1 unspecified atom stereocenters. The van der Waals surface area contributed by atoms with Crippen molar-refractivity contribution >= 4 is 17.7 Å². The lowest BCUT2D eigenvalue weighted by atomic mass is 9.48. The third-order valence-corrected chi connectivity index (χ3v) is 10.3. The molecule has 1 heterocycles. The molecule has 12 heteroatoms. The van der Waals surface area contributed by atoms with E-state index in [9.17, 15) is 22.4 Å². The van der Waals surface area contributed by atoms with Crippen molar-refractivity contribution in [1.82, 2.24) is 15.3 Å². The molecular formula is C31H40F4N6O2. The Morgan fingerprint density at radius 2 is 1.77 bits per heavy atom. The molecule has 234 valence electrons. The van der Waals surface area contributed by atoms with Gasteiger partial charge in [0, 0.05) is 30.6 Å². The van der Waals surface area contributed by atoms with Crippen LogP contribution in [0, 0.1) is 40.8 Å². The van der Waals surface area contributed by atoms with Crippen LogP contribution in [-0.2, 0) is 11.3 Å². The van der Waals surface area contributed by atoms with Crippen LogP contribution < -0.4 is 26.4 Å². The van der Waals surface area contributed by atoms with Gasteiger partial charge in [-0.25, -0.2) is 9.37 Å². The van der Waals surface area contributed by atoms with Crippen LogP contribution in [0.5, 0.6) is 5.75 Å². The zero-order chi connectivity index (χ0) is 30.2. The van der Waals surface area contributed by atoms with Crippen LogP contribution in [0.2, 0.25) is 0 Å². The van der Waals surface area contributed by atoms with Gasteiger partial charge in [-0.1, -0.05) is 18.2 Å². The molecule has 5 aliphatic rings. The van der Waals surface area contributed by atoms with Crippen molar-refractivity contribution in [2.75, 3.05) is 23.7 Å². The number of benzene rings is 1. The van der Waals surface area contributed by atoms with Gasteiger partial charge in [-0.2, -0.15) is 4.98 Å². The first-order valence-electron chi connectivity index (χ1n) is 15.4. The maximum atomic E-state index is 14.8. The van der Waals surface area contributed by atoms with Gasteiger partial charge >= 0.3 is 6.36 Å². The quantitative estimate of drug-likeness (QED) is 0.247. The number of rotatable bonds is 11. The van der Waals surface area contributed by atoms with Gasteiger partial charge in [0.2, 0.25) is 11.9 Å². The average Bonchev–Trinajstić information content (AvgIpc) is 2.95. The Morgan fingerprint density at radius 1 is 1.05 bits per heavy atom. The molecule has 1 aromatic carbocycles. The van der Waals surface area contributed by atoms with E-state index in [1.807, 2.05) is 0 Å². The van der Waals surface area contributed by atoms with Crippen molar-refractivity contribution in [3.8, 4) is 5.75 Å². The number of halogens is 4. The number of primary amides is 1. The van der Waals surface area contributed by atoms with Crippen LogP contribution in [0.3, 0.4) is 0 Å². The number of hydrogen-bond donors (Lipinski definition) is 4. The molecule has 0 radical (unpaired) electrons. The van der Waals surface area contributed by atoms with E-state index in [2.05, 4.69) is 30.7 Å². The minimum absolute atomic E-state index is 0.0206. The first kappa shape index (κ1) is 29.9. The lowest BCUT2D eigenvalue weighted by molar-refractivity contribution is -0.274. The van der Waals surface area contributed by atoms with E-state index < -0.39 is 12.2 Å². The zero-order valence-electron chi connectivity index (χ0n) is 24.1. The van der Waals surface area contributed by atoms with E-state index >= 15 is 0 Å². The highest BCUT2D eigenvalue weighted by molar-refractivity contribution is 5.76. The molecule has 0 aliphatic heterocycles. The molecule has 5 aliphatic carbocycles. The van der Waals surface area contributed by atoms with Crippen LogP contribution in [-0.4, -0.2) is 41.4 Å². The number of nitrogens with zero attached hydrogens (tertiary/aromatic N) is 2. The number of anilines is 2. The third kappa shape index (κ3) is 6.99. The second kappa shape index (κ2) is 12.1. The van der Waals surface area contributed by atoms with E-state index in [1.54, 1.807) is 6.07 Å². The molecule has 4 bridgehead atoms. The summed E-state index contributed by atoms with van der Waals surface area (Å²) in [6.07, 6.45) is 5.94. The number of para-hydroxylation sites is 1. The van der Waals surface area contributed by atoms with Crippen LogP contribution in [0.1, 0.15) is 63.4 Å². The lowest BCUT2D eigenvalue weighted by Crippen LogP contribution is -2.60. The maximum absolute atomic E-state index is 14.8. The first-order valence-corrected chi connectivity index (χ1v) is 15.4. The van der Waals surface area contributed by atoms with E-state index in [1.165, 1.54) is 31.0 Å². The molecule has 5 saturated carbocycles. The summed E-state index contributed by atoms with van der Waals surface area (Å²) >= 11 is 0. The molecular weight excluding hydrogens is 564 g/mol. The molecule has 5 atom stereocenters. The van der Waals surface area contributed by atoms with Crippen molar-refractivity contribution in [1.29, 1.82) is 0 Å². The van der Waals surface area contributed by atoms with Gasteiger partial charge in [-0.3, -0.25) is 4.79 Å². The fraction of sp³-hybridized carbons (Fsp3) is 0.645. The second-order valence-electron chi connectivity index (χ2n) is 13.3. The number of nitrogens with two attached hydrogens (primary N) is 1. The molecule has 0 spiro atoms. The van der Waals surface area contributed by atoms with E-state index in [0.717, 1.165) is 57.7 Å². The number of nitrogens with one attached hydrogen (secondary N) is 3. The number of aromatic nitrogens is 2. The second-order valence-corrected chi connectivity index (χ2v) is 13.3. The molecule has 5 fully saturated rings. The number of carbonyl (C=O) groups is 1. The smallest absolute Gasteiger partial charge is 0.405 e. The average molecular weight is 605 g/mol. The van der Waals surface area contributed by atoms with Gasteiger partial charge in [-0.15, -0.1) is 13.2 Å². The van der Waals surface area contributed by atoms with Gasteiger partial charge in [0.05, 0.1) is 6.20 Å². The Morgan fingerprint density at radius 3 is 2.47 bits per heavy atom. The molecule has 5 N–H and O–H groups in total. The fourth-order valence-corrected chi connectivity index (χ4v) is 8.59. The number of hydrogen-bond acceptors (Lipinski definition) is 7. The Labute approximate surface area is 248 Å². The van der Waals surface area contributed by atoms with Gasteiger partial charge in [0.25, 0.3) is 0 Å². The largest absolute Gasteiger partial charge is 0.573 e. The topological polar surface area (TPSA) is 114 Å². The fourth-order valence-electron chi connectivity index (χ4n) is 8.59. The highest BCUT2D eigenvalue weighted by Gasteiger charge is 2.55. The third-order valence-electron chi connectivity index (χ3n) is 10.3. The van der Waals surface area contributed by atoms with Crippen LogP contribution in [0.4, 0.5) is 29.3 Å². The van der Waals surface area contributed by atoms with Crippen LogP contribution >= 0.6 is 0 Å². The summed E-state index contributed by atoms with van der Waals surface area (Å²) in [6, 6.07) is 6.34. The summed E-state index contributed by atoms with van der Waals surface area (Å²) in [5.74, 6) is 1.68. The van der Waals surface area contributed by atoms with Gasteiger partial charge < -0.3 is 26.4 Å². The summed E-state index contributed by atoms with van der Waals surface area (Å²) < 4.78 is 57.2. The highest BCUT2D eigenvalue weighted by atomic mass is 19.4. The molecule has 1 aromatic heterocycles. The van der Waals surface area contributed by atoms with Gasteiger partial charge in [0.1, 0.15) is 5.75 Å². The van der Waals surface area contributed by atoms with Crippen molar-refractivity contribution in [3.63, 3.8) is 0 Å². The summed E-state index contributed by atoms with van der Waals surface area (Å²) in [7, 11) is 0. The predicted molar refractivity (Wildman–Crippen MR) is 153 cm³/mol.